The number of nitrogens with zero attached hydrogens (tertiary/aromatic N) is 2. The summed E-state index contributed by atoms with van der Waals surface area (Å²) in [6, 6.07) is 23.8. The monoisotopic (exact) mass is 499 g/mol. The summed E-state index contributed by atoms with van der Waals surface area (Å²) in [4.78, 5) is 17.3. The largest absolute Gasteiger partial charge is 0.497 e. The molecular formula is C31H37N3O3. The maximum Gasteiger partial charge on any atom is 0.251 e. The number of amides is 1. The van der Waals surface area contributed by atoms with Gasteiger partial charge in [-0.25, -0.2) is 4.98 Å². The van der Waals surface area contributed by atoms with Crippen LogP contribution in [0.2, 0.25) is 0 Å². The van der Waals surface area contributed by atoms with Gasteiger partial charge < -0.3 is 19.4 Å². The van der Waals surface area contributed by atoms with Crippen LogP contribution in [-0.4, -0.2) is 35.7 Å². The summed E-state index contributed by atoms with van der Waals surface area (Å²) in [5, 5.41) is 3.05. The van der Waals surface area contributed by atoms with Crippen molar-refractivity contribution in [3.8, 4) is 11.5 Å². The fourth-order valence-electron chi connectivity index (χ4n) is 4.53. The van der Waals surface area contributed by atoms with Gasteiger partial charge in [0, 0.05) is 31.1 Å². The Morgan fingerprint density at radius 1 is 0.892 bits per heavy atom. The quantitative estimate of drug-likeness (QED) is 0.205. The summed E-state index contributed by atoms with van der Waals surface area (Å²) >= 11 is 0. The second-order valence-corrected chi connectivity index (χ2v) is 9.28. The molecule has 0 saturated carbocycles. The minimum absolute atomic E-state index is 0.00951. The Morgan fingerprint density at radius 2 is 1.70 bits per heavy atom. The van der Waals surface area contributed by atoms with E-state index in [4.69, 9.17) is 14.5 Å². The van der Waals surface area contributed by atoms with Crippen molar-refractivity contribution in [3.63, 3.8) is 0 Å². The summed E-state index contributed by atoms with van der Waals surface area (Å²) in [6.07, 6.45) is 5.96. The van der Waals surface area contributed by atoms with E-state index in [1.807, 2.05) is 61.5 Å². The number of unbranched alkanes of at least 4 members (excludes halogenated alkanes) is 3. The van der Waals surface area contributed by atoms with Crippen LogP contribution in [0.15, 0.2) is 72.8 Å². The zero-order valence-corrected chi connectivity index (χ0v) is 21.9. The van der Waals surface area contributed by atoms with Crippen LogP contribution in [0.3, 0.4) is 0 Å². The van der Waals surface area contributed by atoms with Gasteiger partial charge in [-0.2, -0.15) is 0 Å². The number of aromatic nitrogens is 2. The summed E-state index contributed by atoms with van der Waals surface area (Å²) in [6.45, 7) is 4.25. The molecule has 1 N–H and O–H groups in total. The number of imidazole rings is 1. The second-order valence-electron chi connectivity index (χ2n) is 9.28. The Morgan fingerprint density at radius 3 is 2.57 bits per heavy atom. The molecule has 6 heteroatoms. The van der Waals surface area contributed by atoms with Crippen LogP contribution in [-0.2, 0) is 13.0 Å². The highest BCUT2D eigenvalue weighted by molar-refractivity contribution is 5.95. The first kappa shape index (κ1) is 26.3. The van der Waals surface area contributed by atoms with Gasteiger partial charge in [0.05, 0.1) is 24.8 Å². The molecule has 1 aromatic heterocycles. The van der Waals surface area contributed by atoms with Crippen LogP contribution in [0.1, 0.15) is 53.8 Å². The first-order valence-electron chi connectivity index (χ1n) is 13.2. The predicted molar refractivity (Wildman–Crippen MR) is 149 cm³/mol. The average molecular weight is 500 g/mol. The number of ether oxygens (including phenoxy) is 2. The highest BCUT2D eigenvalue weighted by Gasteiger charge is 2.11. The van der Waals surface area contributed by atoms with Gasteiger partial charge in [-0.3, -0.25) is 4.79 Å². The van der Waals surface area contributed by atoms with Crippen molar-refractivity contribution < 1.29 is 14.3 Å². The first-order chi connectivity index (χ1) is 18.2. The van der Waals surface area contributed by atoms with Crippen LogP contribution in [0, 0.1) is 6.92 Å². The van der Waals surface area contributed by atoms with Gasteiger partial charge in [0.25, 0.3) is 5.91 Å². The number of carbonyl (C=O) groups is 1. The molecule has 4 rings (SSSR count). The summed E-state index contributed by atoms with van der Waals surface area (Å²) in [5.41, 5.74) is 4.00. The van der Waals surface area contributed by atoms with Gasteiger partial charge in [0.1, 0.15) is 17.3 Å². The molecule has 4 aromatic rings. The van der Waals surface area contributed by atoms with E-state index in [2.05, 4.69) is 28.1 Å². The minimum Gasteiger partial charge on any atom is -0.497 e. The van der Waals surface area contributed by atoms with E-state index in [0.29, 0.717) is 13.2 Å². The number of hydrogen-bond acceptors (Lipinski definition) is 4. The van der Waals surface area contributed by atoms with Crippen LogP contribution in [0.5, 0.6) is 11.5 Å². The maximum absolute atomic E-state index is 12.4. The normalized spacial score (nSPS) is 11.0. The molecule has 6 nitrogen and oxygen atoms in total. The molecule has 0 aliphatic heterocycles. The molecular weight excluding hydrogens is 462 g/mol. The number of nitrogens with one attached hydrogen (secondary N) is 1. The Labute approximate surface area is 219 Å². The van der Waals surface area contributed by atoms with Gasteiger partial charge in [-0.15, -0.1) is 0 Å². The van der Waals surface area contributed by atoms with Crippen LogP contribution >= 0.6 is 0 Å². The minimum atomic E-state index is 0.00951. The lowest BCUT2D eigenvalue weighted by atomic mass is 10.1. The number of rotatable bonds is 14. The SMILES string of the molecule is COc1cccc(OCCCCn2c(CCCCCNC(=O)c3ccccc3C)nc3ccccc32)c1. The lowest BCUT2D eigenvalue weighted by molar-refractivity contribution is 0.0952. The zero-order valence-electron chi connectivity index (χ0n) is 21.9. The second kappa shape index (κ2) is 13.5. The van der Waals surface area contributed by atoms with Gasteiger partial charge >= 0.3 is 0 Å². The van der Waals surface area contributed by atoms with Crippen molar-refractivity contribution in [2.75, 3.05) is 20.3 Å². The molecule has 1 amide bonds. The zero-order chi connectivity index (χ0) is 25.9. The molecule has 1 heterocycles. The van der Waals surface area contributed by atoms with Gasteiger partial charge in [-0.05, 0) is 68.5 Å². The fraction of sp³-hybridized carbons (Fsp3) is 0.355. The maximum atomic E-state index is 12.4. The number of para-hydroxylation sites is 2. The van der Waals surface area contributed by atoms with Crippen molar-refractivity contribution >= 4 is 16.9 Å². The third-order valence-electron chi connectivity index (χ3n) is 6.57. The van der Waals surface area contributed by atoms with Crippen molar-refractivity contribution in [1.82, 2.24) is 14.9 Å². The summed E-state index contributed by atoms with van der Waals surface area (Å²) < 4.78 is 13.5. The highest BCUT2D eigenvalue weighted by Crippen LogP contribution is 2.21. The third kappa shape index (κ3) is 7.35. The molecule has 0 aliphatic carbocycles. The summed E-state index contributed by atoms with van der Waals surface area (Å²) in [7, 11) is 1.66. The smallest absolute Gasteiger partial charge is 0.251 e. The van der Waals surface area contributed by atoms with Gasteiger partial charge in [0.2, 0.25) is 0 Å². The lowest BCUT2D eigenvalue weighted by Crippen LogP contribution is -2.25. The standard InChI is InChI=1S/C31H37N3O3/c1-24-13-5-6-16-27(24)31(35)32-20-9-3-4-19-30-33-28-17-7-8-18-29(28)34(30)21-10-11-22-37-26-15-12-14-25(23-26)36-2/h5-8,12-18,23H,3-4,9-11,19-22H2,1-2H3,(H,32,35). The number of carbonyl (C=O) groups excluding carboxylic acids is 1. The molecule has 0 fully saturated rings. The van der Waals surface area contributed by atoms with E-state index in [9.17, 15) is 4.79 Å². The molecule has 194 valence electrons. The van der Waals surface area contributed by atoms with Crippen molar-refractivity contribution in [1.29, 1.82) is 0 Å². The van der Waals surface area contributed by atoms with Crippen molar-refractivity contribution in [3.05, 3.63) is 89.7 Å². The number of fused-ring (bicyclic) bond motifs is 1. The van der Waals surface area contributed by atoms with Gasteiger partial charge in [-0.1, -0.05) is 42.8 Å². The number of aryl methyl sites for hydroxylation is 3. The van der Waals surface area contributed by atoms with E-state index in [0.717, 1.165) is 79.0 Å². The molecule has 0 bridgehead atoms. The molecule has 0 aliphatic rings. The predicted octanol–water partition coefficient (Wildman–Crippen LogP) is 6.36. The van der Waals surface area contributed by atoms with E-state index in [-0.39, 0.29) is 5.91 Å². The number of benzene rings is 3. The lowest BCUT2D eigenvalue weighted by Gasteiger charge is -2.11. The van der Waals surface area contributed by atoms with Gasteiger partial charge in [0.15, 0.2) is 0 Å². The molecule has 0 saturated heterocycles. The van der Waals surface area contributed by atoms with Crippen molar-refractivity contribution in [2.45, 2.75) is 52.0 Å². The first-order valence-corrected chi connectivity index (χ1v) is 13.2. The Balaban J connectivity index is 1.22. The average Bonchev–Trinajstić information content (AvgIpc) is 3.28. The van der Waals surface area contributed by atoms with E-state index < -0.39 is 0 Å². The van der Waals surface area contributed by atoms with Crippen molar-refractivity contribution in [2.24, 2.45) is 0 Å². The van der Waals surface area contributed by atoms with E-state index in [1.54, 1.807) is 7.11 Å². The molecule has 37 heavy (non-hydrogen) atoms. The van der Waals surface area contributed by atoms with E-state index >= 15 is 0 Å². The van der Waals surface area contributed by atoms with Crippen LogP contribution < -0.4 is 14.8 Å². The van der Waals surface area contributed by atoms with E-state index in [1.165, 1.54) is 5.52 Å². The Bertz CT molecular complexity index is 1300. The highest BCUT2D eigenvalue weighted by atomic mass is 16.5. The molecule has 0 unspecified atom stereocenters. The number of hydrogen-bond donors (Lipinski definition) is 1. The Kier molecular flexibility index (Phi) is 9.58. The number of methoxy groups -OCH3 is 1. The third-order valence-corrected chi connectivity index (χ3v) is 6.57. The van der Waals surface area contributed by atoms with Crippen LogP contribution in [0.4, 0.5) is 0 Å². The Hall–Kier alpha value is -3.80. The molecule has 0 atom stereocenters. The fourth-order valence-corrected chi connectivity index (χ4v) is 4.53. The van der Waals surface area contributed by atoms with Crippen LogP contribution in [0.25, 0.3) is 11.0 Å². The molecule has 3 aromatic carbocycles. The summed E-state index contributed by atoms with van der Waals surface area (Å²) in [5.74, 6) is 2.79. The molecule has 0 radical (unpaired) electrons. The molecule has 0 spiro atoms. The topological polar surface area (TPSA) is 65.4 Å².